The SMILES string of the molecule is CCN(C)c1ccccc1NC(=O)c1nc(-c2ccccc2)oc1C1CC1. The summed E-state index contributed by atoms with van der Waals surface area (Å²) in [6.45, 7) is 2.93. The van der Waals surface area contributed by atoms with Gasteiger partial charge in [0.05, 0.1) is 11.4 Å². The first-order chi connectivity index (χ1) is 13.2. The first kappa shape index (κ1) is 17.3. The van der Waals surface area contributed by atoms with E-state index < -0.39 is 0 Å². The maximum atomic E-state index is 13.0. The molecule has 1 saturated carbocycles. The van der Waals surface area contributed by atoms with E-state index >= 15 is 0 Å². The molecule has 27 heavy (non-hydrogen) atoms. The normalized spacial score (nSPS) is 13.4. The van der Waals surface area contributed by atoms with Crippen molar-refractivity contribution in [2.24, 2.45) is 0 Å². The Bertz CT molecular complexity index is 945. The molecule has 0 bridgehead atoms. The number of carbonyl (C=O) groups is 1. The fourth-order valence-corrected chi connectivity index (χ4v) is 3.09. The molecule has 0 atom stereocenters. The van der Waals surface area contributed by atoms with Gasteiger partial charge < -0.3 is 14.6 Å². The summed E-state index contributed by atoms with van der Waals surface area (Å²) in [4.78, 5) is 19.7. The number of hydrogen-bond acceptors (Lipinski definition) is 4. The summed E-state index contributed by atoms with van der Waals surface area (Å²) >= 11 is 0. The molecular weight excluding hydrogens is 338 g/mol. The fraction of sp³-hybridized carbons (Fsp3) is 0.273. The van der Waals surface area contributed by atoms with Crippen molar-refractivity contribution in [3.8, 4) is 11.5 Å². The number of benzene rings is 2. The molecule has 0 saturated heterocycles. The average Bonchev–Trinajstić information content (AvgIpc) is 3.46. The number of nitrogens with zero attached hydrogens (tertiary/aromatic N) is 2. The minimum Gasteiger partial charge on any atom is -0.440 e. The lowest BCUT2D eigenvalue weighted by Crippen LogP contribution is -2.20. The van der Waals surface area contributed by atoms with Crippen LogP contribution in [0.3, 0.4) is 0 Å². The topological polar surface area (TPSA) is 58.4 Å². The van der Waals surface area contributed by atoms with Gasteiger partial charge in [0.25, 0.3) is 5.91 Å². The van der Waals surface area contributed by atoms with Crippen molar-refractivity contribution in [3.63, 3.8) is 0 Å². The van der Waals surface area contributed by atoms with E-state index in [0.717, 1.165) is 36.3 Å². The minimum absolute atomic E-state index is 0.222. The summed E-state index contributed by atoms with van der Waals surface area (Å²) in [6.07, 6.45) is 2.08. The zero-order valence-electron chi connectivity index (χ0n) is 15.6. The van der Waals surface area contributed by atoms with Gasteiger partial charge in [0.2, 0.25) is 5.89 Å². The number of carbonyl (C=O) groups excluding carboxylic acids is 1. The summed E-state index contributed by atoms with van der Waals surface area (Å²) in [5, 5.41) is 3.03. The quantitative estimate of drug-likeness (QED) is 0.676. The van der Waals surface area contributed by atoms with Gasteiger partial charge >= 0.3 is 0 Å². The fourth-order valence-electron chi connectivity index (χ4n) is 3.09. The second-order valence-electron chi connectivity index (χ2n) is 6.86. The highest BCUT2D eigenvalue weighted by Crippen LogP contribution is 2.43. The molecule has 5 nitrogen and oxygen atoms in total. The number of nitrogens with one attached hydrogen (secondary N) is 1. The molecule has 3 aromatic rings. The van der Waals surface area contributed by atoms with Crippen molar-refractivity contribution in [2.45, 2.75) is 25.7 Å². The highest BCUT2D eigenvalue weighted by molar-refractivity contribution is 6.05. The summed E-state index contributed by atoms with van der Waals surface area (Å²) in [5.74, 6) is 1.28. The van der Waals surface area contributed by atoms with Crippen LogP contribution in [0.4, 0.5) is 11.4 Å². The van der Waals surface area contributed by atoms with Crippen LogP contribution in [0.15, 0.2) is 59.0 Å². The van der Waals surface area contributed by atoms with Gasteiger partial charge in [-0.3, -0.25) is 4.79 Å². The Hall–Kier alpha value is -3.08. The molecule has 0 spiro atoms. The summed E-state index contributed by atoms with van der Waals surface area (Å²) in [5.41, 5.74) is 3.03. The molecule has 0 radical (unpaired) electrons. The second-order valence-corrected chi connectivity index (χ2v) is 6.86. The third-order valence-electron chi connectivity index (χ3n) is 4.88. The van der Waals surface area contributed by atoms with Gasteiger partial charge in [0, 0.05) is 25.1 Å². The van der Waals surface area contributed by atoms with Crippen LogP contribution >= 0.6 is 0 Å². The van der Waals surface area contributed by atoms with Crippen LogP contribution in [0, 0.1) is 0 Å². The minimum atomic E-state index is -0.222. The molecule has 1 fully saturated rings. The predicted octanol–water partition coefficient (Wildman–Crippen LogP) is 4.93. The molecule has 0 aliphatic heterocycles. The molecule has 1 aliphatic carbocycles. The summed E-state index contributed by atoms with van der Waals surface area (Å²) in [6, 6.07) is 17.5. The van der Waals surface area contributed by atoms with Crippen molar-refractivity contribution < 1.29 is 9.21 Å². The Morgan fingerprint density at radius 1 is 1.15 bits per heavy atom. The molecule has 1 aromatic heterocycles. The molecular formula is C22H23N3O2. The lowest BCUT2D eigenvalue weighted by atomic mass is 10.2. The van der Waals surface area contributed by atoms with Gasteiger partial charge in [0.1, 0.15) is 5.76 Å². The van der Waals surface area contributed by atoms with Crippen LogP contribution in [0.2, 0.25) is 0 Å². The standard InChI is InChI=1S/C22H23N3O2/c1-3-25(2)18-12-8-7-11-17(18)23-21(26)19-20(15-13-14-15)27-22(24-19)16-9-5-4-6-10-16/h4-12,15H,3,13-14H2,1-2H3,(H,23,26). The number of aromatic nitrogens is 1. The highest BCUT2D eigenvalue weighted by atomic mass is 16.4. The van der Waals surface area contributed by atoms with Gasteiger partial charge in [-0.05, 0) is 44.0 Å². The maximum Gasteiger partial charge on any atom is 0.278 e. The van der Waals surface area contributed by atoms with Gasteiger partial charge in [-0.2, -0.15) is 0 Å². The number of para-hydroxylation sites is 2. The van der Waals surface area contributed by atoms with Crippen molar-refractivity contribution in [1.82, 2.24) is 4.98 Å². The smallest absolute Gasteiger partial charge is 0.278 e. The van der Waals surface area contributed by atoms with E-state index in [4.69, 9.17) is 4.42 Å². The van der Waals surface area contributed by atoms with Gasteiger partial charge in [0.15, 0.2) is 5.69 Å². The van der Waals surface area contributed by atoms with Crippen LogP contribution in [0.1, 0.15) is 41.9 Å². The van der Waals surface area contributed by atoms with Crippen molar-refractivity contribution in [2.75, 3.05) is 23.8 Å². The molecule has 5 heteroatoms. The lowest BCUT2D eigenvalue weighted by molar-refractivity contribution is 0.102. The number of oxazole rings is 1. The summed E-state index contributed by atoms with van der Waals surface area (Å²) in [7, 11) is 2.00. The molecule has 2 aromatic carbocycles. The van der Waals surface area contributed by atoms with E-state index in [1.54, 1.807) is 0 Å². The molecule has 138 valence electrons. The Balaban J connectivity index is 1.66. The van der Waals surface area contributed by atoms with E-state index in [0.29, 0.717) is 23.3 Å². The van der Waals surface area contributed by atoms with Crippen molar-refractivity contribution in [1.29, 1.82) is 0 Å². The molecule has 1 N–H and O–H groups in total. The van der Waals surface area contributed by atoms with E-state index in [-0.39, 0.29) is 5.91 Å². The molecule has 1 amide bonds. The van der Waals surface area contributed by atoms with Gasteiger partial charge in [-0.25, -0.2) is 4.98 Å². The molecule has 4 rings (SSSR count). The van der Waals surface area contributed by atoms with Gasteiger partial charge in [-0.1, -0.05) is 30.3 Å². The number of rotatable bonds is 6. The van der Waals surface area contributed by atoms with Crippen molar-refractivity contribution in [3.05, 3.63) is 66.1 Å². The number of amides is 1. The largest absolute Gasteiger partial charge is 0.440 e. The zero-order chi connectivity index (χ0) is 18.8. The van der Waals surface area contributed by atoms with E-state index in [1.165, 1.54) is 0 Å². The molecule has 0 unspecified atom stereocenters. The van der Waals surface area contributed by atoms with Crippen LogP contribution in [-0.2, 0) is 0 Å². The number of anilines is 2. The zero-order valence-corrected chi connectivity index (χ0v) is 15.6. The Morgan fingerprint density at radius 2 is 1.85 bits per heavy atom. The lowest BCUT2D eigenvalue weighted by Gasteiger charge is -2.20. The third kappa shape index (κ3) is 3.58. The van der Waals surface area contributed by atoms with E-state index in [1.807, 2.05) is 61.6 Å². The Kier molecular flexibility index (Phi) is 4.67. The molecule has 1 aliphatic rings. The first-order valence-electron chi connectivity index (χ1n) is 9.35. The predicted molar refractivity (Wildman–Crippen MR) is 107 cm³/mol. The van der Waals surface area contributed by atoms with Crippen LogP contribution in [0.25, 0.3) is 11.5 Å². The number of hydrogen-bond donors (Lipinski definition) is 1. The monoisotopic (exact) mass is 361 g/mol. The van der Waals surface area contributed by atoms with E-state index in [2.05, 4.69) is 22.1 Å². The Morgan fingerprint density at radius 3 is 2.56 bits per heavy atom. The van der Waals surface area contributed by atoms with Crippen LogP contribution in [0.5, 0.6) is 0 Å². The van der Waals surface area contributed by atoms with E-state index in [9.17, 15) is 4.79 Å². The van der Waals surface area contributed by atoms with Crippen LogP contribution in [-0.4, -0.2) is 24.5 Å². The molecule has 1 heterocycles. The third-order valence-corrected chi connectivity index (χ3v) is 4.88. The highest BCUT2D eigenvalue weighted by Gasteiger charge is 2.34. The maximum absolute atomic E-state index is 13.0. The van der Waals surface area contributed by atoms with Crippen molar-refractivity contribution >= 4 is 17.3 Å². The first-order valence-corrected chi connectivity index (χ1v) is 9.35. The average molecular weight is 361 g/mol. The summed E-state index contributed by atoms with van der Waals surface area (Å²) < 4.78 is 6.00. The Labute approximate surface area is 159 Å². The van der Waals surface area contributed by atoms with Crippen LogP contribution < -0.4 is 10.2 Å². The second kappa shape index (κ2) is 7.27. The van der Waals surface area contributed by atoms with Gasteiger partial charge in [-0.15, -0.1) is 0 Å².